The summed E-state index contributed by atoms with van der Waals surface area (Å²) in [6, 6.07) is 6.28. The molecule has 31 heavy (non-hydrogen) atoms. The molecule has 3 aromatic rings. The van der Waals surface area contributed by atoms with Gasteiger partial charge in [-0.25, -0.2) is 9.97 Å². The van der Waals surface area contributed by atoms with Gasteiger partial charge in [-0.2, -0.15) is 10.4 Å². The lowest BCUT2D eigenvalue weighted by atomic mass is 10.2. The summed E-state index contributed by atoms with van der Waals surface area (Å²) in [6.45, 7) is 2.99. The van der Waals surface area contributed by atoms with Gasteiger partial charge in [-0.05, 0) is 18.9 Å². The fourth-order valence-corrected chi connectivity index (χ4v) is 3.34. The molecule has 1 aliphatic carbocycles. The monoisotopic (exact) mass is 418 g/mol. The molecule has 2 aliphatic rings. The lowest BCUT2D eigenvalue weighted by Gasteiger charge is -2.24. The molecule has 1 saturated carbocycles. The zero-order chi connectivity index (χ0) is 21.0. The maximum Gasteiger partial charge on any atom is 0.158 e. The van der Waals surface area contributed by atoms with Crippen molar-refractivity contribution in [1.82, 2.24) is 35.3 Å². The molecule has 1 atom stereocenters. The Morgan fingerprint density at radius 3 is 2.90 bits per heavy atom. The van der Waals surface area contributed by atoms with Crippen molar-refractivity contribution in [1.29, 1.82) is 5.26 Å². The number of ether oxygens (including phenoxy) is 1. The van der Waals surface area contributed by atoms with Crippen LogP contribution in [0.2, 0.25) is 0 Å². The molecule has 2 fully saturated rings. The van der Waals surface area contributed by atoms with E-state index >= 15 is 0 Å². The Hall–Kier alpha value is -3.62. The minimum Gasteiger partial charge on any atom is -0.380 e. The van der Waals surface area contributed by atoms with E-state index in [1.165, 1.54) is 25.2 Å². The van der Waals surface area contributed by atoms with Crippen LogP contribution in [0, 0.1) is 11.3 Å². The SMILES string of the molecule is N#Cc1cnc(Nc2cc(NC[C@@H]3CNCCO3)c(-c3ccn(C4CC4)n3)nn2)cn1. The third kappa shape index (κ3) is 4.60. The van der Waals surface area contributed by atoms with Crippen LogP contribution in [0.15, 0.2) is 30.7 Å². The van der Waals surface area contributed by atoms with Gasteiger partial charge < -0.3 is 20.7 Å². The van der Waals surface area contributed by atoms with Gasteiger partial charge in [0.15, 0.2) is 11.5 Å². The van der Waals surface area contributed by atoms with Crippen LogP contribution in [0.4, 0.5) is 17.3 Å². The highest BCUT2D eigenvalue weighted by molar-refractivity contribution is 5.74. The van der Waals surface area contributed by atoms with Crippen LogP contribution in [-0.4, -0.2) is 62.3 Å². The van der Waals surface area contributed by atoms with Crippen LogP contribution in [0.1, 0.15) is 24.6 Å². The largest absolute Gasteiger partial charge is 0.380 e. The Labute approximate surface area is 178 Å². The predicted octanol–water partition coefficient (Wildman–Crippen LogP) is 1.48. The number of anilines is 3. The lowest BCUT2D eigenvalue weighted by molar-refractivity contribution is 0.0372. The summed E-state index contributed by atoms with van der Waals surface area (Å²) < 4.78 is 7.79. The molecule has 11 heteroatoms. The molecule has 3 aromatic heterocycles. The number of nitrogens with zero attached hydrogens (tertiary/aromatic N) is 7. The van der Waals surface area contributed by atoms with Gasteiger partial charge in [-0.1, -0.05) is 0 Å². The van der Waals surface area contributed by atoms with Crippen molar-refractivity contribution in [3.05, 3.63) is 36.4 Å². The molecule has 0 amide bonds. The molecule has 1 aliphatic heterocycles. The van der Waals surface area contributed by atoms with Crippen LogP contribution in [0.5, 0.6) is 0 Å². The summed E-state index contributed by atoms with van der Waals surface area (Å²) in [4.78, 5) is 8.19. The van der Waals surface area contributed by atoms with Gasteiger partial charge in [0, 0.05) is 31.9 Å². The first-order valence-corrected chi connectivity index (χ1v) is 10.3. The smallest absolute Gasteiger partial charge is 0.158 e. The van der Waals surface area contributed by atoms with E-state index in [9.17, 15) is 0 Å². The van der Waals surface area contributed by atoms with Crippen LogP contribution < -0.4 is 16.0 Å². The van der Waals surface area contributed by atoms with Crippen molar-refractivity contribution in [3.8, 4) is 17.5 Å². The number of hydrogen-bond donors (Lipinski definition) is 3. The van der Waals surface area contributed by atoms with Gasteiger partial charge >= 0.3 is 0 Å². The van der Waals surface area contributed by atoms with E-state index in [0.717, 1.165) is 24.5 Å². The minimum absolute atomic E-state index is 0.0691. The number of nitrogens with one attached hydrogen (secondary N) is 3. The molecule has 4 heterocycles. The zero-order valence-corrected chi connectivity index (χ0v) is 16.8. The average molecular weight is 418 g/mol. The van der Waals surface area contributed by atoms with E-state index in [-0.39, 0.29) is 11.8 Å². The first-order valence-electron chi connectivity index (χ1n) is 10.3. The molecule has 1 saturated heterocycles. The summed E-state index contributed by atoms with van der Waals surface area (Å²) in [5.41, 5.74) is 2.50. The second-order valence-corrected chi connectivity index (χ2v) is 7.51. The summed E-state index contributed by atoms with van der Waals surface area (Å²) in [5.74, 6) is 0.986. The van der Waals surface area contributed by atoms with E-state index in [2.05, 4.69) is 41.2 Å². The molecule has 0 radical (unpaired) electrons. The Morgan fingerprint density at radius 1 is 1.23 bits per heavy atom. The highest BCUT2D eigenvalue weighted by Crippen LogP contribution is 2.35. The molecule has 11 nitrogen and oxygen atoms in total. The molecular weight excluding hydrogens is 396 g/mol. The number of rotatable bonds is 7. The Balaban J connectivity index is 1.39. The van der Waals surface area contributed by atoms with Gasteiger partial charge in [0.1, 0.15) is 23.3 Å². The second-order valence-electron chi connectivity index (χ2n) is 7.51. The third-order valence-electron chi connectivity index (χ3n) is 5.11. The summed E-state index contributed by atoms with van der Waals surface area (Å²) in [6.07, 6.45) is 7.28. The molecule has 0 bridgehead atoms. The van der Waals surface area contributed by atoms with E-state index in [1.54, 1.807) is 0 Å². The zero-order valence-electron chi connectivity index (χ0n) is 16.8. The standard InChI is InChI=1S/C20H22N10O/c21-8-13-9-25-19(12-23-13)26-18-7-17(24-11-15-10-22-4-6-31-15)20(28-27-18)16-3-5-30(29-16)14-1-2-14/h3,5,7,9,12,14-15,22H,1-2,4,6,10-11H2,(H2,24,25,26,27)/t15-/m0/s1. The number of nitriles is 1. The molecule has 3 N–H and O–H groups in total. The van der Waals surface area contributed by atoms with E-state index in [1.807, 2.05) is 29.1 Å². The summed E-state index contributed by atoms with van der Waals surface area (Å²) >= 11 is 0. The first-order chi connectivity index (χ1) is 15.3. The van der Waals surface area contributed by atoms with Crippen molar-refractivity contribution in [2.45, 2.75) is 25.0 Å². The Morgan fingerprint density at radius 2 is 2.16 bits per heavy atom. The van der Waals surface area contributed by atoms with Gasteiger partial charge in [-0.3, -0.25) is 4.68 Å². The van der Waals surface area contributed by atoms with Gasteiger partial charge in [0.05, 0.1) is 36.8 Å². The highest BCUT2D eigenvalue weighted by Gasteiger charge is 2.25. The highest BCUT2D eigenvalue weighted by atomic mass is 16.5. The Kier molecular flexibility index (Phi) is 5.39. The van der Waals surface area contributed by atoms with Gasteiger partial charge in [0.25, 0.3) is 0 Å². The molecule has 0 spiro atoms. The Bertz CT molecular complexity index is 1080. The lowest BCUT2D eigenvalue weighted by Crippen LogP contribution is -2.42. The first kappa shape index (κ1) is 19.3. The van der Waals surface area contributed by atoms with E-state index in [0.29, 0.717) is 36.5 Å². The van der Waals surface area contributed by atoms with Crippen molar-refractivity contribution in [2.75, 3.05) is 36.9 Å². The minimum atomic E-state index is 0.0691. The fraction of sp³-hybridized carbons (Fsp3) is 0.400. The van der Waals surface area contributed by atoms with Crippen LogP contribution in [0.25, 0.3) is 11.4 Å². The molecule has 0 aromatic carbocycles. The van der Waals surface area contributed by atoms with Crippen LogP contribution in [-0.2, 0) is 4.74 Å². The quantitative estimate of drug-likeness (QED) is 0.517. The summed E-state index contributed by atoms with van der Waals surface area (Å²) in [5, 5.41) is 32.1. The fourth-order valence-electron chi connectivity index (χ4n) is 3.34. The van der Waals surface area contributed by atoms with Crippen molar-refractivity contribution in [2.24, 2.45) is 0 Å². The number of hydrogen-bond acceptors (Lipinski definition) is 10. The normalized spacial score (nSPS) is 18.4. The third-order valence-corrected chi connectivity index (χ3v) is 5.11. The predicted molar refractivity (Wildman–Crippen MR) is 113 cm³/mol. The van der Waals surface area contributed by atoms with Crippen molar-refractivity contribution in [3.63, 3.8) is 0 Å². The number of morpholine rings is 1. The second kappa shape index (κ2) is 8.63. The maximum absolute atomic E-state index is 8.87. The molecule has 5 rings (SSSR count). The molecule has 0 unspecified atom stereocenters. The maximum atomic E-state index is 8.87. The van der Waals surface area contributed by atoms with Crippen molar-refractivity contribution < 1.29 is 4.74 Å². The van der Waals surface area contributed by atoms with Gasteiger partial charge in [-0.15, -0.1) is 10.2 Å². The molecule has 158 valence electrons. The van der Waals surface area contributed by atoms with Crippen molar-refractivity contribution >= 4 is 17.3 Å². The topological polar surface area (TPSA) is 138 Å². The van der Waals surface area contributed by atoms with Crippen LogP contribution >= 0.6 is 0 Å². The van der Waals surface area contributed by atoms with Gasteiger partial charge in [0.2, 0.25) is 0 Å². The summed E-state index contributed by atoms with van der Waals surface area (Å²) in [7, 11) is 0. The van der Waals surface area contributed by atoms with E-state index in [4.69, 9.17) is 10.00 Å². The van der Waals surface area contributed by atoms with E-state index < -0.39 is 0 Å². The van der Waals surface area contributed by atoms with Crippen LogP contribution in [0.3, 0.4) is 0 Å². The average Bonchev–Trinajstić information content (AvgIpc) is 3.56. The molecular formula is C20H22N10O. The number of aromatic nitrogens is 6.